The molecule has 0 aliphatic carbocycles. The summed E-state index contributed by atoms with van der Waals surface area (Å²) in [6.45, 7) is 2.20. The van der Waals surface area contributed by atoms with Crippen LogP contribution in [0.1, 0.15) is 11.1 Å². The van der Waals surface area contributed by atoms with Gasteiger partial charge in [0.05, 0.1) is 6.04 Å². The molecule has 0 unspecified atom stereocenters. The maximum Gasteiger partial charge on any atom is 0.240 e. The molecule has 1 atom stereocenters. The van der Waals surface area contributed by atoms with E-state index in [4.69, 9.17) is 0 Å². The van der Waals surface area contributed by atoms with E-state index in [9.17, 15) is 9.90 Å². The first-order valence-electron chi connectivity index (χ1n) is 9.06. The number of nitrogens with one attached hydrogen (secondary N) is 2. The highest BCUT2D eigenvalue weighted by Gasteiger charge is 2.28. The highest BCUT2D eigenvalue weighted by atomic mass is 16.3. The average Bonchev–Trinajstić information content (AvgIpc) is 3.06. The number of aromatic amines is 1. The molecular formula is C21H23N3O2. The first-order valence-corrected chi connectivity index (χ1v) is 9.06. The number of fused-ring (bicyclic) bond motifs is 1. The lowest BCUT2D eigenvalue weighted by Crippen LogP contribution is -2.56. The van der Waals surface area contributed by atoms with Gasteiger partial charge in [-0.1, -0.05) is 30.3 Å². The molecule has 0 bridgehead atoms. The van der Waals surface area contributed by atoms with E-state index >= 15 is 0 Å². The molecule has 3 N–H and O–H groups in total. The molecule has 3 aromatic rings. The Bertz CT molecular complexity index is 918. The number of aromatic hydroxyl groups is 1. The molecule has 2 aromatic carbocycles. The maximum absolute atomic E-state index is 12.9. The zero-order valence-electron chi connectivity index (χ0n) is 14.6. The lowest BCUT2D eigenvalue weighted by molar-refractivity contribution is -0.135. The number of aromatic nitrogens is 1. The van der Waals surface area contributed by atoms with Crippen molar-refractivity contribution in [3.05, 3.63) is 65.9 Å². The van der Waals surface area contributed by atoms with E-state index in [0.29, 0.717) is 13.0 Å². The Morgan fingerprint density at radius 1 is 1.15 bits per heavy atom. The SMILES string of the molecule is O=C1[C@H](Cc2c[nH]c3ccccc23)NCCN1CCc1cccc(O)c1. The summed E-state index contributed by atoms with van der Waals surface area (Å²) in [6, 6.07) is 15.2. The van der Waals surface area contributed by atoms with Gasteiger partial charge in [-0.15, -0.1) is 0 Å². The Morgan fingerprint density at radius 3 is 2.92 bits per heavy atom. The van der Waals surface area contributed by atoms with Gasteiger partial charge < -0.3 is 20.3 Å². The van der Waals surface area contributed by atoms with Crippen LogP contribution in [0.2, 0.25) is 0 Å². The Morgan fingerprint density at radius 2 is 2.04 bits per heavy atom. The zero-order chi connectivity index (χ0) is 17.9. The predicted molar refractivity (Wildman–Crippen MR) is 102 cm³/mol. The smallest absolute Gasteiger partial charge is 0.240 e. The van der Waals surface area contributed by atoms with Gasteiger partial charge in [0.25, 0.3) is 0 Å². The summed E-state index contributed by atoms with van der Waals surface area (Å²) in [5.41, 5.74) is 3.32. The lowest BCUT2D eigenvalue weighted by Gasteiger charge is -2.33. The molecule has 1 saturated heterocycles. The second kappa shape index (κ2) is 7.22. The third-order valence-electron chi connectivity index (χ3n) is 5.06. The molecule has 1 aliphatic rings. The number of nitrogens with zero attached hydrogens (tertiary/aromatic N) is 1. The Labute approximate surface area is 152 Å². The van der Waals surface area contributed by atoms with E-state index in [1.54, 1.807) is 12.1 Å². The van der Waals surface area contributed by atoms with E-state index in [1.807, 2.05) is 35.4 Å². The summed E-state index contributed by atoms with van der Waals surface area (Å²) in [4.78, 5) is 18.1. The fourth-order valence-electron chi connectivity index (χ4n) is 3.67. The van der Waals surface area contributed by atoms with Gasteiger partial charge in [0, 0.05) is 36.7 Å². The fraction of sp³-hybridized carbons (Fsp3) is 0.286. The van der Waals surface area contributed by atoms with Gasteiger partial charge in [0.2, 0.25) is 5.91 Å². The summed E-state index contributed by atoms with van der Waals surface area (Å²) in [6.07, 6.45) is 3.44. The number of H-pyrrole nitrogens is 1. The molecule has 1 aromatic heterocycles. The van der Waals surface area contributed by atoms with Crippen LogP contribution in [0.3, 0.4) is 0 Å². The van der Waals surface area contributed by atoms with Crippen molar-refractivity contribution in [3.63, 3.8) is 0 Å². The van der Waals surface area contributed by atoms with Gasteiger partial charge in [-0.25, -0.2) is 0 Å². The molecule has 1 fully saturated rings. The minimum absolute atomic E-state index is 0.154. The van der Waals surface area contributed by atoms with E-state index < -0.39 is 0 Å². The number of phenolic OH excluding ortho intramolecular Hbond substituents is 1. The number of carbonyl (C=O) groups excluding carboxylic acids is 1. The minimum atomic E-state index is -0.188. The number of carbonyl (C=O) groups is 1. The highest BCUT2D eigenvalue weighted by molar-refractivity contribution is 5.86. The fourth-order valence-corrected chi connectivity index (χ4v) is 3.67. The first-order chi connectivity index (χ1) is 12.7. The van der Waals surface area contributed by atoms with Crippen molar-refractivity contribution in [1.29, 1.82) is 0 Å². The molecule has 2 heterocycles. The van der Waals surface area contributed by atoms with Crippen LogP contribution >= 0.6 is 0 Å². The largest absolute Gasteiger partial charge is 0.508 e. The van der Waals surface area contributed by atoms with Crippen LogP contribution < -0.4 is 5.32 Å². The number of phenols is 1. The van der Waals surface area contributed by atoms with Crippen molar-refractivity contribution in [2.45, 2.75) is 18.9 Å². The normalized spacial score (nSPS) is 17.8. The Hall–Kier alpha value is -2.79. The van der Waals surface area contributed by atoms with Gasteiger partial charge in [-0.3, -0.25) is 4.79 Å². The summed E-state index contributed by atoms with van der Waals surface area (Å²) in [5.74, 6) is 0.424. The number of benzene rings is 2. The third-order valence-corrected chi connectivity index (χ3v) is 5.06. The Balaban J connectivity index is 1.42. The second-order valence-electron chi connectivity index (χ2n) is 6.82. The van der Waals surface area contributed by atoms with Gasteiger partial charge >= 0.3 is 0 Å². The van der Waals surface area contributed by atoms with Crippen molar-refractivity contribution in [3.8, 4) is 5.75 Å². The molecule has 0 spiro atoms. The van der Waals surface area contributed by atoms with Crippen molar-refractivity contribution in [1.82, 2.24) is 15.2 Å². The van der Waals surface area contributed by atoms with Gasteiger partial charge in [0.1, 0.15) is 5.75 Å². The van der Waals surface area contributed by atoms with Crippen molar-refractivity contribution in [2.75, 3.05) is 19.6 Å². The molecule has 26 heavy (non-hydrogen) atoms. The topological polar surface area (TPSA) is 68.4 Å². The van der Waals surface area contributed by atoms with E-state index in [0.717, 1.165) is 30.6 Å². The predicted octanol–water partition coefficient (Wildman–Crippen LogP) is 2.46. The van der Waals surface area contributed by atoms with Crippen LogP contribution in [0.5, 0.6) is 5.75 Å². The van der Waals surface area contributed by atoms with Crippen molar-refractivity contribution >= 4 is 16.8 Å². The number of para-hydroxylation sites is 1. The molecule has 5 heteroatoms. The number of hydrogen-bond donors (Lipinski definition) is 3. The molecule has 0 saturated carbocycles. The van der Waals surface area contributed by atoms with Crippen molar-refractivity contribution in [2.24, 2.45) is 0 Å². The van der Waals surface area contributed by atoms with Gasteiger partial charge in [-0.05, 0) is 42.2 Å². The first kappa shape index (κ1) is 16.7. The number of hydrogen-bond acceptors (Lipinski definition) is 3. The zero-order valence-corrected chi connectivity index (χ0v) is 14.6. The van der Waals surface area contributed by atoms with Crippen LogP contribution in [0, 0.1) is 0 Å². The lowest BCUT2D eigenvalue weighted by atomic mass is 10.0. The number of piperazine rings is 1. The van der Waals surface area contributed by atoms with Crippen molar-refractivity contribution < 1.29 is 9.90 Å². The molecular weight excluding hydrogens is 326 g/mol. The van der Waals surface area contributed by atoms with Gasteiger partial charge in [-0.2, -0.15) is 0 Å². The van der Waals surface area contributed by atoms with Crippen LogP contribution in [0.4, 0.5) is 0 Å². The monoisotopic (exact) mass is 349 g/mol. The number of rotatable bonds is 5. The average molecular weight is 349 g/mol. The van der Waals surface area contributed by atoms with E-state index in [-0.39, 0.29) is 17.7 Å². The molecule has 1 aliphatic heterocycles. The molecule has 0 radical (unpaired) electrons. The summed E-state index contributed by atoms with van der Waals surface area (Å²) in [5, 5.41) is 14.1. The van der Waals surface area contributed by atoms with E-state index in [1.165, 1.54) is 10.9 Å². The van der Waals surface area contributed by atoms with E-state index in [2.05, 4.69) is 22.4 Å². The van der Waals surface area contributed by atoms with Crippen LogP contribution in [-0.4, -0.2) is 46.6 Å². The third kappa shape index (κ3) is 3.44. The standard InChI is InChI=1S/C21H23N3O2/c25-17-5-3-4-15(12-17)8-10-24-11-9-22-20(21(24)26)13-16-14-23-19-7-2-1-6-18(16)19/h1-7,12,14,20,22-23,25H,8-11,13H2/t20-/m0/s1. The molecule has 134 valence electrons. The van der Waals surface area contributed by atoms with Crippen LogP contribution in [0.15, 0.2) is 54.7 Å². The minimum Gasteiger partial charge on any atom is -0.508 e. The van der Waals surface area contributed by atoms with Crippen LogP contribution in [0.25, 0.3) is 10.9 Å². The molecule has 4 rings (SSSR count). The molecule has 5 nitrogen and oxygen atoms in total. The maximum atomic E-state index is 12.9. The highest BCUT2D eigenvalue weighted by Crippen LogP contribution is 2.20. The van der Waals surface area contributed by atoms with Gasteiger partial charge in [0.15, 0.2) is 0 Å². The number of amides is 1. The molecule has 1 amide bonds. The summed E-state index contributed by atoms with van der Waals surface area (Å²) in [7, 11) is 0. The quantitative estimate of drug-likeness (QED) is 0.663. The Kier molecular flexibility index (Phi) is 4.63. The summed E-state index contributed by atoms with van der Waals surface area (Å²) < 4.78 is 0. The van der Waals surface area contributed by atoms with Crippen LogP contribution in [-0.2, 0) is 17.6 Å². The summed E-state index contributed by atoms with van der Waals surface area (Å²) >= 11 is 0. The second-order valence-corrected chi connectivity index (χ2v) is 6.82.